The zero-order chi connectivity index (χ0) is 22.8. The van der Waals surface area contributed by atoms with E-state index in [-0.39, 0.29) is 24.6 Å². The largest absolute Gasteiger partial charge is 0.497 e. The normalized spacial score (nSPS) is 16.4. The van der Waals surface area contributed by atoms with Crippen LogP contribution in [-0.4, -0.2) is 44.5 Å². The van der Waals surface area contributed by atoms with E-state index in [9.17, 15) is 22.8 Å². The van der Waals surface area contributed by atoms with Crippen LogP contribution in [0.1, 0.15) is 17.5 Å². The number of hydrogen-bond acceptors (Lipinski definition) is 4. The molecule has 31 heavy (non-hydrogen) atoms. The van der Waals surface area contributed by atoms with Crippen LogP contribution in [0.25, 0.3) is 0 Å². The third kappa shape index (κ3) is 5.28. The zero-order valence-electron chi connectivity index (χ0n) is 17.5. The lowest BCUT2D eigenvalue weighted by molar-refractivity contribution is -0.137. The fourth-order valence-electron chi connectivity index (χ4n) is 3.49. The van der Waals surface area contributed by atoms with E-state index >= 15 is 0 Å². The highest BCUT2D eigenvalue weighted by atomic mass is 19.4. The highest BCUT2D eigenvalue weighted by Crippen LogP contribution is 2.35. The number of alkyl halides is 3. The minimum atomic E-state index is -4.52. The van der Waals surface area contributed by atoms with Gasteiger partial charge in [-0.1, -0.05) is 12.1 Å². The van der Waals surface area contributed by atoms with Crippen LogP contribution in [0.3, 0.4) is 0 Å². The van der Waals surface area contributed by atoms with Gasteiger partial charge < -0.3 is 19.9 Å². The van der Waals surface area contributed by atoms with Crippen LogP contribution in [0.15, 0.2) is 42.5 Å². The Morgan fingerprint density at radius 2 is 1.87 bits per heavy atom. The van der Waals surface area contributed by atoms with Gasteiger partial charge in [0, 0.05) is 33.6 Å². The third-order valence-corrected chi connectivity index (χ3v) is 5.18. The van der Waals surface area contributed by atoms with E-state index in [0.29, 0.717) is 18.0 Å². The molecule has 1 heterocycles. The first-order valence-corrected chi connectivity index (χ1v) is 9.68. The molecule has 3 rings (SSSR count). The molecule has 1 atom stereocenters. The number of amides is 2. The average Bonchev–Trinajstić information content (AvgIpc) is 3.08. The van der Waals surface area contributed by atoms with Gasteiger partial charge in [-0.05, 0) is 35.9 Å². The summed E-state index contributed by atoms with van der Waals surface area (Å²) in [5.74, 6) is -0.595. The lowest BCUT2D eigenvalue weighted by Crippen LogP contribution is -2.28. The second kappa shape index (κ2) is 8.87. The molecule has 1 fully saturated rings. The Kier molecular flexibility index (Phi) is 6.42. The molecular formula is C22H24F3N3O3. The molecule has 1 saturated heterocycles. The summed E-state index contributed by atoms with van der Waals surface area (Å²) >= 11 is 0. The SMILES string of the molecule is COc1ccc(CN2CC(C(=O)Nc3cc(C(F)(F)F)ccc3N(C)C)CC2=O)cc1. The number of anilines is 2. The van der Waals surface area contributed by atoms with Crippen molar-refractivity contribution in [2.24, 2.45) is 5.92 Å². The van der Waals surface area contributed by atoms with Crippen LogP contribution < -0.4 is 15.0 Å². The van der Waals surface area contributed by atoms with Crippen molar-refractivity contribution in [2.75, 3.05) is 38.0 Å². The molecule has 2 aromatic rings. The van der Waals surface area contributed by atoms with Gasteiger partial charge in [-0.2, -0.15) is 13.2 Å². The van der Waals surface area contributed by atoms with Crippen molar-refractivity contribution in [3.05, 3.63) is 53.6 Å². The minimum Gasteiger partial charge on any atom is -0.497 e. The van der Waals surface area contributed by atoms with Crippen LogP contribution in [-0.2, 0) is 22.3 Å². The summed E-state index contributed by atoms with van der Waals surface area (Å²) in [5.41, 5.74) is 0.548. The first kappa shape index (κ1) is 22.5. The summed E-state index contributed by atoms with van der Waals surface area (Å²) in [7, 11) is 4.91. The molecular weight excluding hydrogens is 411 g/mol. The maximum absolute atomic E-state index is 13.1. The molecule has 2 aromatic carbocycles. The quantitative estimate of drug-likeness (QED) is 0.751. The maximum atomic E-state index is 13.1. The number of hydrogen-bond donors (Lipinski definition) is 1. The topological polar surface area (TPSA) is 61.9 Å². The Hall–Kier alpha value is -3.23. The predicted molar refractivity (Wildman–Crippen MR) is 111 cm³/mol. The lowest BCUT2D eigenvalue weighted by atomic mass is 10.1. The smallest absolute Gasteiger partial charge is 0.416 e. The van der Waals surface area contributed by atoms with Gasteiger partial charge in [0.15, 0.2) is 0 Å². The monoisotopic (exact) mass is 435 g/mol. The van der Waals surface area contributed by atoms with E-state index in [1.165, 1.54) is 6.07 Å². The molecule has 2 amide bonds. The van der Waals surface area contributed by atoms with Crippen molar-refractivity contribution in [1.82, 2.24) is 4.90 Å². The van der Waals surface area contributed by atoms with Gasteiger partial charge in [-0.15, -0.1) is 0 Å². The van der Waals surface area contributed by atoms with Crippen molar-refractivity contribution >= 4 is 23.2 Å². The highest BCUT2D eigenvalue weighted by Gasteiger charge is 2.35. The predicted octanol–water partition coefficient (Wildman–Crippen LogP) is 3.77. The molecule has 0 radical (unpaired) electrons. The first-order valence-electron chi connectivity index (χ1n) is 9.68. The minimum absolute atomic E-state index is 0.0121. The van der Waals surface area contributed by atoms with Crippen LogP contribution in [0.4, 0.5) is 24.5 Å². The summed E-state index contributed by atoms with van der Waals surface area (Å²) in [6.45, 7) is 0.548. The molecule has 0 saturated carbocycles. The molecule has 1 aliphatic rings. The number of carbonyl (C=O) groups excluding carboxylic acids is 2. The lowest BCUT2D eigenvalue weighted by Gasteiger charge is -2.21. The third-order valence-electron chi connectivity index (χ3n) is 5.18. The Morgan fingerprint density at radius 3 is 2.45 bits per heavy atom. The highest BCUT2D eigenvalue weighted by molar-refractivity contribution is 5.99. The molecule has 1 N–H and O–H groups in total. The van der Waals surface area contributed by atoms with Gasteiger partial charge in [-0.3, -0.25) is 9.59 Å². The van der Waals surface area contributed by atoms with Gasteiger partial charge in [0.1, 0.15) is 5.75 Å². The second-order valence-corrected chi connectivity index (χ2v) is 7.64. The number of ether oxygens (including phenoxy) is 1. The molecule has 6 nitrogen and oxygen atoms in total. The number of rotatable bonds is 6. The molecule has 0 bridgehead atoms. The molecule has 1 unspecified atom stereocenters. The van der Waals surface area contributed by atoms with Gasteiger partial charge in [0.05, 0.1) is 30.0 Å². The van der Waals surface area contributed by atoms with Crippen molar-refractivity contribution < 1.29 is 27.5 Å². The summed E-state index contributed by atoms with van der Waals surface area (Å²) in [4.78, 5) is 28.4. The number of methoxy groups -OCH3 is 1. The summed E-state index contributed by atoms with van der Waals surface area (Å²) < 4.78 is 44.4. The number of benzene rings is 2. The molecule has 1 aliphatic heterocycles. The van der Waals surface area contributed by atoms with E-state index in [2.05, 4.69) is 5.32 Å². The number of likely N-dealkylation sites (tertiary alicyclic amines) is 1. The summed E-state index contributed by atoms with van der Waals surface area (Å²) in [5, 5.41) is 2.59. The number of halogens is 3. The fraction of sp³-hybridized carbons (Fsp3) is 0.364. The number of nitrogens with zero attached hydrogens (tertiary/aromatic N) is 2. The van der Waals surface area contributed by atoms with Crippen LogP contribution in [0.5, 0.6) is 5.75 Å². The zero-order valence-corrected chi connectivity index (χ0v) is 17.5. The molecule has 0 aromatic heterocycles. The molecule has 0 spiro atoms. The van der Waals surface area contributed by atoms with Gasteiger partial charge >= 0.3 is 6.18 Å². The molecule has 0 aliphatic carbocycles. The van der Waals surface area contributed by atoms with E-state index in [0.717, 1.165) is 17.7 Å². The molecule has 166 valence electrons. The standard InChI is InChI=1S/C22H24F3N3O3/c1-27(2)19-9-6-16(22(23,24)25)11-18(19)26-21(30)15-10-20(29)28(13-15)12-14-4-7-17(31-3)8-5-14/h4-9,11,15H,10,12-13H2,1-3H3,(H,26,30). The van der Waals surface area contributed by atoms with E-state index < -0.39 is 23.6 Å². The van der Waals surface area contributed by atoms with Gasteiger partial charge in [-0.25, -0.2) is 0 Å². The fourth-order valence-corrected chi connectivity index (χ4v) is 3.49. The van der Waals surface area contributed by atoms with Crippen molar-refractivity contribution in [2.45, 2.75) is 19.1 Å². The summed E-state index contributed by atoms with van der Waals surface area (Å²) in [6.07, 6.45) is -4.51. The van der Waals surface area contributed by atoms with E-state index in [1.807, 2.05) is 12.1 Å². The van der Waals surface area contributed by atoms with Crippen LogP contribution in [0, 0.1) is 5.92 Å². The van der Waals surface area contributed by atoms with Crippen molar-refractivity contribution in [3.63, 3.8) is 0 Å². The van der Waals surface area contributed by atoms with E-state index in [1.54, 1.807) is 43.1 Å². The van der Waals surface area contributed by atoms with Gasteiger partial charge in [0.2, 0.25) is 11.8 Å². The van der Waals surface area contributed by atoms with Crippen molar-refractivity contribution in [1.29, 1.82) is 0 Å². The van der Waals surface area contributed by atoms with E-state index in [4.69, 9.17) is 4.74 Å². The Bertz CT molecular complexity index is 959. The maximum Gasteiger partial charge on any atom is 0.416 e. The number of carbonyl (C=O) groups is 2. The van der Waals surface area contributed by atoms with Crippen LogP contribution >= 0.6 is 0 Å². The summed E-state index contributed by atoms with van der Waals surface area (Å²) in [6, 6.07) is 10.5. The Labute approximate surface area is 178 Å². The average molecular weight is 435 g/mol. The molecule has 9 heteroatoms. The number of nitrogens with one attached hydrogen (secondary N) is 1. The first-order chi connectivity index (χ1) is 14.6. The second-order valence-electron chi connectivity index (χ2n) is 7.64. The van der Waals surface area contributed by atoms with Gasteiger partial charge in [0.25, 0.3) is 0 Å². The Morgan fingerprint density at radius 1 is 1.19 bits per heavy atom. The van der Waals surface area contributed by atoms with Crippen LogP contribution in [0.2, 0.25) is 0 Å². The Balaban J connectivity index is 1.71. The van der Waals surface area contributed by atoms with Crippen molar-refractivity contribution in [3.8, 4) is 5.75 Å².